The lowest BCUT2D eigenvalue weighted by atomic mass is 10.1. The summed E-state index contributed by atoms with van der Waals surface area (Å²) in [6.45, 7) is 0. The molecule has 0 unspecified atom stereocenters. The molecule has 0 bridgehead atoms. The molecule has 22 heavy (non-hydrogen) atoms. The van der Waals surface area contributed by atoms with Gasteiger partial charge in [0.05, 0.1) is 0 Å². The van der Waals surface area contributed by atoms with Gasteiger partial charge in [-0.2, -0.15) is 0 Å². The molecule has 0 aromatic heterocycles. The van der Waals surface area contributed by atoms with Gasteiger partial charge >= 0.3 is 0 Å². The molecule has 5 nitrogen and oxygen atoms in total. The van der Waals surface area contributed by atoms with E-state index in [2.05, 4.69) is 10.6 Å². The van der Waals surface area contributed by atoms with Crippen molar-refractivity contribution in [2.75, 3.05) is 31.4 Å². The molecule has 0 aliphatic heterocycles. The van der Waals surface area contributed by atoms with Gasteiger partial charge in [0.1, 0.15) is 0 Å². The molecule has 0 spiro atoms. The Bertz CT molecular complexity index is 679. The highest BCUT2D eigenvalue weighted by Crippen LogP contribution is 2.15. The molecule has 0 heterocycles. The van der Waals surface area contributed by atoms with Crippen molar-refractivity contribution >= 4 is 23.2 Å². The Balaban J connectivity index is 2.13. The predicted molar refractivity (Wildman–Crippen MR) is 88.6 cm³/mol. The molecule has 5 heteroatoms. The maximum absolute atomic E-state index is 12.2. The third kappa shape index (κ3) is 3.63. The second kappa shape index (κ2) is 6.76. The van der Waals surface area contributed by atoms with Crippen LogP contribution < -0.4 is 15.5 Å². The van der Waals surface area contributed by atoms with E-state index in [0.29, 0.717) is 16.8 Å². The van der Waals surface area contributed by atoms with Crippen LogP contribution in [0.15, 0.2) is 48.5 Å². The zero-order chi connectivity index (χ0) is 16.1. The molecule has 2 aromatic rings. The third-order valence-electron chi connectivity index (χ3n) is 3.26. The fraction of sp³-hybridized carbons (Fsp3) is 0.176. The number of carbonyl (C=O) groups is 2. The second-order valence-electron chi connectivity index (χ2n) is 5.06. The molecule has 0 fully saturated rings. The van der Waals surface area contributed by atoms with Crippen LogP contribution in [-0.4, -0.2) is 33.0 Å². The molecule has 0 aliphatic rings. The van der Waals surface area contributed by atoms with Crippen LogP contribution in [0.1, 0.15) is 20.7 Å². The molecule has 2 rings (SSSR count). The third-order valence-corrected chi connectivity index (χ3v) is 3.26. The average Bonchev–Trinajstić information content (AvgIpc) is 2.54. The molecule has 0 atom stereocenters. The van der Waals surface area contributed by atoms with Gasteiger partial charge in [-0.1, -0.05) is 6.07 Å². The lowest BCUT2D eigenvalue weighted by Gasteiger charge is -2.12. The summed E-state index contributed by atoms with van der Waals surface area (Å²) in [6, 6.07) is 14.1. The van der Waals surface area contributed by atoms with Crippen LogP contribution in [-0.2, 0) is 0 Å². The van der Waals surface area contributed by atoms with Crippen molar-refractivity contribution in [2.45, 2.75) is 0 Å². The summed E-state index contributed by atoms with van der Waals surface area (Å²) in [5, 5.41) is 5.35. The molecule has 0 saturated heterocycles. The number of amides is 2. The van der Waals surface area contributed by atoms with E-state index in [1.54, 1.807) is 43.4 Å². The van der Waals surface area contributed by atoms with Crippen LogP contribution in [0.25, 0.3) is 0 Å². The van der Waals surface area contributed by atoms with E-state index in [4.69, 9.17) is 0 Å². The molecular formula is C17H19N3O2. The van der Waals surface area contributed by atoms with Gasteiger partial charge in [-0.3, -0.25) is 9.59 Å². The summed E-state index contributed by atoms with van der Waals surface area (Å²) in [7, 11) is 5.46. The van der Waals surface area contributed by atoms with Crippen LogP contribution in [0.2, 0.25) is 0 Å². The van der Waals surface area contributed by atoms with Crippen molar-refractivity contribution < 1.29 is 9.59 Å². The van der Waals surface area contributed by atoms with Crippen molar-refractivity contribution in [1.82, 2.24) is 5.32 Å². The maximum Gasteiger partial charge on any atom is 0.255 e. The molecule has 2 amide bonds. The van der Waals surface area contributed by atoms with Crippen molar-refractivity contribution in [3.63, 3.8) is 0 Å². The first-order valence-corrected chi connectivity index (χ1v) is 6.92. The molecule has 0 aliphatic carbocycles. The quantitative estimate of drug-likeness (QED) is 0.910. The van der Waals surface area contributed by atoms with Crippen molar-refractivity contribution in [1.29, 1.82) is 0 Å². The Labute approximate surface area is 129 Å². The van der Waals surface area contributed by atoms with Gasteiger partial charge in [-0.25, -0.2) is 0 Å². The number of anilines is 2. The number of nitrogens with zero attached hydrogens (tertiary/aromatic N) is 1. The highest BCUT2D eigenvalue weighted by molar-refractivity contribution is 6.05. The summed E-state index contributed by atoms with van der Waals surface area (Å²) in [5.74, 6) is -0.397. The fourth-order valence-electron chi connectivity index (χ4n) is 2.00. The van der Waals surface area contributed by atoms with Crippen LogP contribution >= 0.6 is 0 Å². The number of hydrogen-bond donors (Lipinski definition) is 2. The summed E-state index contributed by atoms with van der Waals surface area (Å²) >= 11 is 0. The Hall–Kier alpha value is -2.82. The summed E-state index contributed by atoms with van der Waals surface area (Å²) in [4.78, 5) is 25.8. The van der Waals surface area contributed by atoms with E-state index in [-0.39, 0.29) is 11.8 Å². The first-order chi connectivity index (χ1) is 10.5. The summed E-state index contributed by atoms with van der Waals surface area (Å²) in [6.07, 6.45) is 0. The van der Waals surface area contributed by atoms with Crippen LogP contribution in [0.4, 0.5) is 11.4 Å². The number of rotatable bonds is 4. The van der Waals surface area contributed by atoms with Gasteiger partial charge in [-0.15, -0.1) is 0 Å². The van der Waals surface area contributed by atoms with Gasteiger partial charge in [-0.05, 0) is 42.5 Å². The molecule has 2 N–H and O–H groups in total. The maximum atomic E-state index is 12.2. The minimum atomic E-state index is -0.209. The van der Waals surface area contributed by atoms with Crippen LogP contribution in [0, 0.1) is 0 Å². The molecule has 114 valence electrons. The minimum Gasteiger partial charge on any atom is -0.378 e. The standard InChI is InChI=1S/C17H19N3O2/c1-18-16(21)13-5-4-6-14(11-13)19-17(22)12-7-9-15(10-8-12)20(2)3/h4-11H,1-3H3,(H,18,21)(H,19,22). The monoisotopic (exact) mass is 297 g/mol. The second-order valence-corrected chi connectivity index (χ2v) is 5.06. The zero-order valence-corrected chi connectivity index (χ0v) is 12.9. The zero-order valence-electron chi connectivity index (χ0n) is 12.9. The Morgan fingerprint density at radius 3 is 2.18 bits per heavy atom. The highest BCUT2D eigenvalue weighted by Gasteiger charge is 2.08. The topological polar surface area (TPSA) is 61.4 Å². The summed E-state index contributed by atoms with van der Waals surface area (Å²) in [5.41, 5.74) is 2.68. The molecule has 2 aromatic carbocycles. The van der Waals surface area contributed by atoms with E-state index < -0.39 is 0 Å². The van der Waals surface area contributed by atoms with E-state index in [0.717, 1.165) is 5.69 Å². The lowest BCUT2D eigenvalue weighted by molar-refractivity contribution is 0.0961. The van der Waals surface area contributed by atoms with Crippen molar-refractivity contribution in [2.24, 2.45) is 0 Å². The van der Waals surface area contributed by atoms with Crippen LogP contribution in [0.3, 0.4) is 0 Å². The SMILES string of the molecule is CNC(=O)c1cccc(NC(=O)c2ccc(N(C)C)cc2)c1. The number of hydrogen-bond acceptors (Lipinski definition) is 3. The minimum absolute atomic E-state index is 0.188. The normalized spacial score (nSPS) is 9.95. The van der Waals surface area contributed by atoms with Gasteiger partial charge < -0.3 is 15.5 Å². The Morgan fingerprint density at radius 2 is 1.59 bits per heavy atom. The van der Waals surface area contributed by atoms with Gasteiger partial charge in [0.25, 0.3) is 11.8 Å². The molecule has 0 saturated carbocycles. The van der Waals surface area contributed by atoms with E-state index >= 15 is 0 Å². The van der Waals surface area contributed by atoms with E-state index in [1.165, 1.54) is 0 Å². The van der Waals surface area contributed by atoms with E-state index in [1.807, 2.05) is 31.1 Å². The Kier molecular flexibility index (Phi) is 4.78. The van der Waals surface area contributed by atoms with Crippen molar-refractivity contribution in [3.8, 4) is 0 Å². The first-order valence-electron chi connectivity index (χ1n) is 6.92. The number of benzene rings is 2. The van der Waals surface area contributed by atoms with Gasteiger partial charge in [0, 0.05) is 43.6 Å². The van der Waals surface area contributed by atoms with Crippen LogP contribution in [0.5, 0.6) is 0 Å². The summed E-state index contributed by atoms with van der Waals surface area (Å²) < 4.78 is 0. The Morgan fingerprint density at radius 1 is 0.909 bits per heavy atom. The van der Waals surface area contributed by atoms with Gasteiger partial charge in [0.2, 0.25) is 0 Å². The van der Waals surface area contributed by atoms with Crippen molar-refractivity contribution in [3.05, 3.63) is 59.7 Å². The first kappa shape index (κ1) is 15.6. The largest absolute Gasteiger partial charge is 0.378 e. The average molecular weight is 297 g/mol. The number of nitrogens with one attached hydrogen (secondary N) is 2. The van der Waals surface area contributed by atoms with Gasteiger partial charge in [0.15, 0.2) is 0 Å². The smallest absolute Gasteiger partial charge is 0.255 e. The lowest BCUT2D eigenvalue weighted by Crippen LogP contribution is -2.18. The molecular weight excluding hydrogens is 278 g/mol. The molecule has 0 radical (unpaired) electrons. The number of carbonyl (C=O) groups excluding carboxylic acids is 2. The predicted octanol–water partition coefficient (Wildman–Crippen LogP) is 2.36. The highest BCUT2D eigenvalue weighted by atomic mass is 16.2. The fourth-order valence-corrected chi connectivity index (χ4v) is 2.00. The van der Waals surface area contributed by atoms with E-state index in [9.17, 15) is 9.59 Å².